The normalized spacial score (nSPS) is 10.8. The van der Waals surface area contributed by atoms with Crippen molar-refractivity contribution in [3.8, 4) is 11.3 Å². The van der Waals surface area contributed by atoms with Crippen LogP contribution in [-0.4, -0.2) is 11.7 Å². The highest BCUT2D eigenvalue weighted by Crippen LogP contribution is 2.22. The third-order valence-corrected chi connectivity index (χ3v) is 2.75. The van der Waals surface area contributed by atoms with Crippen molar-refractivity contribution in [2.45, 2.75) is 26.8 Å². The molecule has 1 aromatic heterocycles. The zero-order valence-corrected chi connectivity index (χ0v) is 10.7. The van der Waals surface area contributed by atoms with E-state index in [1.54, 1.807) is 13.0 Å². The fourth-order valence-electron chi connectivity index (χ4n) is 1.67. The quantitative estimate of drug-likeness (QED) is 0.825. The molecule has 0 saturated heterocycles. The van der Waals surface area contributed by atoms with E-state index in [9.17, 15) is 4.39 Å². The highest BCUT2D eigenvalue weighted by Gasteiger charge is 2.08. The molecule has 0 saturated carbocycles. The smallest absolute Gasteiger partial charge is 0.167 e. The molecule has 0 radical (unpaired) electrons. The molecular formula is C14H17FN2O. The zero-order chi connectivity index (χ0) is 13.0. The summed E-state index contributed by atoms with van der Waals surface area (Å²) in [5.74, 6) is 0.372. The van der Waals surface area contributed by atoms with E-state index in [0.717, 1.165) is 18.7 Å². The van der Waals surface area contributed by atoms with E-state index >= 15 is 0 Å². The Morgan fingerprint density at radius 3 is 2.89 bits per heavy atom. The van der Waals surface area contributed by atoms with Gasteiger partial charge in [0.05, 0.1) is 5.69 Å². The van der Waals surface area contributed by atoms with Crippen LogP contribution in [0, 0.1) is 12.7 Å². The number of aryl methyl sites for hydroxylation is 1. The van der Waals surface area contributed by atoms with Gasteiger partial charge in [0.25, 0.3) is 0 Å². The number of hydrogen-bond acceptors (Lipinski definition) is 3. The molecule has 2 rings (SSSR count). The summed E-state index contributed by atoms with van der Waals surface area (Å²) in [6, 6.07) is 6.89. The van der Waals surface area contributed by atoms with Gasteiger partial charge in [-0.05, 0) is 31.5 Å². The number of nitrogens with one attached hydrogen (secondary N) is 1. The van der Waals surface area contributed by atoms with E-state index in [2.05, 4.69) is 17.4 Å². The molecule has 0 fully saturated rings. The van der Waals surface area contributed by atoms with Crippen LogP contribution in [0.3, 0.4) is 0 Å². The lowest BCUT2D eigenvalue weighted by Crippen LogP contribution is -2.13. The maximum absolute atomic E-state index is 13.4. The fourth-order valence-corrected chi connectivity index (χ4v) is 1.67. The molecule has 0 spiro atoms. The molecule has 4 heteroatoms. The number of benzene rings is 1. The number of nitrogens with zero attached hydrogens (tertiary/aromatic N) is 1. The summed E-state index contributed by atoms with van der Waals surface area (Å²) in [5.41, 5.74) is 2.18. The Morgan fingerprint density at radius 2 is 2.17 bits per heavy atom. The zero-order valence-electron chi connectivity index (χ0n) is 10.7. The first kappa shape index (κ1) is 12.8. The van der Waals surface area contributed by atoms with Crippen molar-refractivity contribution in [2.24, 2.45) is 0 Å². The molecule has 0 unspecified atom stereocenters. The topological polar surface area (TPSA) is 38.1 Å². The standard InChI is InChI=1S/C14H17FN2O/c1-3-6-16-9-12-8-14(18-17-12)11-5-4-10(2)13(15)7-11/h4-5,7-8,16H,3,6,9H2,1-2H3. The summed E-state index contributed by atoms with van der Waals surface area (Å²) in [5, 5.41) is 7.20. The lowest BCUT2D eigenvalue weighted by Gasteiger charge is -1.98. The highest BCUT2D eigenvalue weighted by molar-refractivity contribution is 5.57. The van der Waals surface area contributed by atoms with Gasteiger partial charge >= 0.3 is 0 Å². The van der Waals surface area contributed by atoms with Crippen LogP contribution in [0.5, 0.6) is 0 Å². The number of aromatic nitrogens is 1. The predicted octanol–water partition coefficient (Wildman–Crippen LogP) is 3.29. The van der Waals surface area contributed by atoms with Crippen molar-refractivity contribution in [3.05, 3.63) is 41.3 Å². The predicted molar refractivity (Wildman–Crippen MR) is 68.6 cm³/mol. The Bertz CT molecular complexity index is 522. The van der Waals surface area contributed by atoms with Crippen LogP contribution in [0.25, 0.3) is 11.3 Å². The minimum Gasteiger partial charge on any atom is -0.356 e. The van der Waals surface area contributed by atoms with Gasteiger partial charge < -0.3 is 9.84 Å². The number of halogens is 1. The molecule has 96 valence electrons. The van der Waals surface area contributed by atoms with Gasteiger partial charge in [0, 0.05) is 18.2 Å². The Morgan fingerprint density at radius 1 is 1.33 bits per heavy atom. The molecule has 2 aromatic rings. The second kappa shape index (κ2) is 5.78. The van der Waals surface area contributed by atoms with E-state index in [-0.39, 0.29) is 5.82 Å². The largest absolute Gasteiger partial charge is 0.356 e. The number of rotatable bonds is 5. The van der Waals surface area contributed by atoms with E-state index in [4.69, 9.17) is 4.52 Å². The third-order valence-electron chi connectivity index (χ3n) is 2.75. The van der Waals surface area contributed by atoms with Gasteiger partial charge in [0.2, 0.25) is 0 Å². The molecule has 0 aliphatic heterocycles. The van der Waals surface area contributed by atoms with Crippen LogP contribution in [0.2, 0.25) is 0 Å². The fraction of sp³-hybridized carbons (Fsp3) is 0.357. The Kier molecular flexibility index (Phi) is 4.10. The molecule has 1 aromatic carbocycles. The van der Waals surface area contributed by atoms with Crippen LogP contribution in [-0.2, 0) is 6.54 Å². The molecule has 0 aliphatic rings. The van der Waals surface area contributed by atoms with Crippen LogP contribution < -0.4 is 5.32 Å². The Labute approximate surface area is 106 Å². The summed E-state index contributed by atoms with van der Waals surface area (Å²) in [6.45, 7) is 5.46. The van der Waals surface area contributed by atoms with E-state index in [1.165, 1.54) is 6.07 Å². The second-order valence-corrected chi connectivity index (χ2v) is 4.32. The lowest BCUT2D eigenvalue weighted by molar-refractivity contribution is 0.420. The highest BCUT2D eigenvalue weighted by atomic mass is 19.1. The third kappa shape index (κ3) is 2.96. The van der Waals surface area contributed by atoms with Gasteiger partial charge in [-0.2, -0.15) is 0 Å². The van der Waals surface area contributed by atoms with E-state index < -0.39 is 0 Å². The molecule has 1 heterocycles. The Hall–Kier alpha value is -1.68. The van der Waals surface area contributed by atoms with Gasteiger partial charge in [-0.1, -0.05) is 24.2 Å². The maximum atomic E-state index is 13.4. The van der Waals surface area contributed by atoms with Crippen molar-refractivity contribution in [1.82, 2.24) is 10.5 Å². The average molecular weight is 248 g/mol. The van der Waals surface area contributed by atoms with Gasteiger partial charge in [0.15, 0.2) is 5.76 Å². The van der Waals surface area contributed by atoms with Crippen molar-refractivity contribution in [3.63, 3.8) is 0 Å². The lowest BCUT2D eigenvalue weighted by atomic mass is 10.1. The van der Waals surface area contributed by atoms with Crippen molar-refractivity contribution < 1.29 is 8.91 Å². The van der Waals surface area contributed by atoms with Crippen LogP contribution in [0.15, 0.2) is 28.8 Å². The van der Waals surface area contributed by atoms with Gasteiger partial charge in [-0.3, -0.25) is 0 Å². The minimum atomic E-state index is -0.227. The summed E-state index contributed by atoms with van der Waals surface area (Å²) in [6.07, 6.45) is 1.08. The maximum Gasteiger partial charge on any atom is 0.167 e. The SMILES string of the molecule is CCCNCc1cc(-c2ccc(C)c(F)c2)on1. The van der Waals surface area contributed by atoms with Crippen LogP contribution in [0.1, 0.15) is 24.6 Å². The van der Waals surface area contributed by atoms with Gasteiger partial charge in [-0.15, -0.1) is 0 Å². The van der Waals surface area contributed by atoms with Crippen molar-refractivity contribution >= 4 is 0 Å². The monoisotopic (exact) mass is 248 g/mol. The summed E-state index contributed by atoms with van der Waals surface area (Å²) >= 11 is 0. The molecule has 1 N–H and O–H groups in total. The number of hydrogen-bond donors (Lipinski definition) is 1. The summed E-state index contributed by atoms with van der Waals surface area (Å²) in [7, 11) is 0. The van der Waals surface area contributed by atoms with Crippen LogP contribution in [0.4, 0.5) is 4.39 Å². The van der Waals surface area contributed by atoms with Gasteiger partial charge in [0.1, 0.15) is 5.82 Å². The Balaban J connectivity index is 2.11. The molecule has 3 nitrogen and oxygen atoms in total. The van der Waals surface area contributed by atoms with E-state index in [1.807, 2.05) is 12.1 Å². The second-order valence-electron chi connectivity index (χ2n) is 4.32. The molecule has 0 aliphatic carbocycles. The van der Waals surface area contributed by atoms with Gasteiger partial charge in [-0.25, -0.2) is 4.39 Å². The summed E-state index contributed by atoms with van der Waals surface area (Å²) < 4.78 is 18.7. The molecular weight excluding hydrogens is 231 g/mol. The molecule has 0 atom stereocenters. The average Bonchev–Trinajstić information content (AvgIpc) is 2.82. The molecule has 0 amide bonds. The summed E-state index contributed by atoms with van der Waals surface area (Å²) in [4.78, 5) is 0. The first-order chi connectivity index (χ1) is 8.70. The van der Waals surface area contributed by atoms with Crippen molar-refractivity contribution in [1.29, 1.82) is 0 Å². The first-order valence-electron chi connectivity index (χ1n) is 6.13. The van der Waals surface area contributed by atoms with E-state index in [0.29, 0.717) is 23.4 Å². The minimum absolute atomic E-state index is 0.227. The molecule has 18 heavy (non-hydrogen) atoms. The first-order valence-corrected chi connectivity index (χ1v) is 6.13. The molecule has 0 bridgehead atoms. The van der Waals surface area contributed by atoms with Crippen molar-refractivity contribution in [2.75, 3.05) is 6.54 Å². The van der Waals surface area contributed by atoms with Crippen LogP contribution >= 0.6 is 0 Å².